The van der Waals surface area contributed by atoms with Gasteiger partial charge in [-0.05, 0) is 43.4 Å². The van der Waals surface area contributed by atoms with Gasteiger partial charge in [-0.2, -0.15) is 36.5 Å². The smallest absolute Gasteiger partial charge is 0.364 e. The molecule has 3 aromatic rings. The first kappa shape index (κ1) is 23.3. The van der Waals surface area contributed by atoms with Crippen LogP contribution in [-0.2, 0) is 32.2 Å². The van der Waals surface area contributed by atoms with Crippen LogP contribution in [0.15, 0.2) is 30.6 Å². The molecule has 3 aromatic heterocycles. The van der Waals surface area contributed by atoms with Crippen molar-refractivity contribution in [3.63, 3.8) is 0 Å². The van der Waals surface area contributed by atoms with Crippen LogP contribution < -0.4 is 5.73 Å². The van der Waals surface area contributed by atoms with Crippen molar-refractivity contribution in [3.05, 3.63) is 58.9 Å². The molecular weight excluding hydrogens is 442 g/mol. The van der Waals surface area contributed by atoms with Crippen LogP contribution in [-0.4, -0.2) is 30.5 Å². The predicted octanol–water partition coefficient (Wildman–Crippen LogP) is 3.70. The van der Waals surface area contributed by atoms with Gasteiger partial charge in [0.15, 0.2) is 5.69 Å². The Balaban J connectivity index is 0.000000195. The Morgan fingerprint density at radius 1 is 1.00 bits per heavy atom. The summed E-state index contributed by atoms with van der Waals surface area (Å²) in [6.45, 7) is 0. The highest BCUT2D eigenvalue weighted by atomic mass is 19.4. The number of fused-ring (bicyclic) bond motifs is 1. The molecule has 4 rings (SSSR count). The Labute approximate surface area is 177 Å². The van der Waals surface area contributed by atoms with Crippen LogP contribution in [0.5, 0.6) is 0 Å². The monoisotopic (exact) mass is 460 g/mol. The Morgan fingerprint density at radius 3 is 2.19 bits per heavy atom. The van der Waals surface area contributed by atoms with Crippen LogP contribution >= 0.6 is 0 Å². The van der Waals surface area contributed by atoms with Crippen molar-refractivity contribution in [1.82, 2.24) is 24.5 Å². The molecule has 0 aliphatic heterocycles. The van der Waals surface area contributed by atoms with Crippen LogP contribution in [0.3, 0.4) is 0 Å². The number of aromatic nitrogens is 5. The zero-order valence-electron chi connectivity index (χ0n) is 16.7. The minimum Gasteiger partial charge on any atom is -0.364 e. The van der Waals surface area contributed by atoms with Gasteiger partial charge in [0.1, 0.15) is 11.4 Å². The number of hydrogen-bond donors (Lipinski definition) is 1. The summed E-state index contributed by atoms with van der Waals surface area (Å²) in [5, 5.41) is 7.46. The molecule has 0 saturated carbocycles. The van der Waals surface area contributed by atoms with E-state index >= 15 is 0 Å². The lowest BCUT2D eigenvalue weighted by Gasteiger charge is -2.07. The molecule has 32 heavy (non-hydrogen) atoms. The van der Waals surface area contributed by atoms with Crippen molar-refractivity contribution in [3.8, 4) is 5.69 Å². The summed E-state index contributed by atoms with van der Waals surface area (Å²) in [6.07, 6.45) is -1.93. The summed E-state index contributed by atoms with van der Waals surface area (Å²) >= 11 is 0. The molecule has 1 aliphatic carbocycles. The summed E-state index contributed by atoms with van der Waals surface area (Å²) in [7, 11) is 1.22. The second-order valence-electron chi connectivity index (χ2n) is 7.05. The van der Waals surface area contributed by atoms with E-state index in [0.717, 1.165) is 47.7 Å². The maximum atomic E-state index is 12.6. The zero-order chi connectivity index (χ0) is 23.7. The van der Waals surface area contributed by atoms with Gasteiger partial charge in [0.2, 0.25) is 0 Å². The molecule has 0 spiro atoms. The van der Waals surface area contributed by atoms with Crippen LogP contribution in [0.4, 0.5) is 26.3 Å². The second kappa shape index (κ2) is 8.63. The number of halogens is 6. The number of rotatable bonds is 2. The summed E-state index contributed by atoms with van der Waals surface area (Å²) < 4.78 is 76.2. The molecule has 7 nitrogen and oxygen atoms in total. The Morgan fingerprint density at radius 2 is 1.66 bits per heavy atom. The van der Waals surface area contributed by atoms with Gasteiger partial charge in [-0.1, -0.05) is 0 Å². The molecule has 0 aromatic carbocycles. The molecule has 0 unspecified atom stereocenters. The number of primary amides is 1. The molecule has 2 N–H and O–H groups in total. The normalized spacial score (nSPS) is 13.8. The number of pyridine rings is 1. The largest absolute Gasteiger partial charge is 0.435 e. The second-order valence-corrected chi connectivity index (χ2v) is 7.05. The fourth-order valence-corrected chi connectivity index (χ4v) is 3.16. The van der Waals surface area contributed by atoms with E-state index in [0.29, 0.717) is 11.8 Å². The average Bonchev–Trinajstić information content (AvgIpc) is 3.31. The van der Waals surface area contributed by atoms with E-state index in [2.05, 4.69) is 15.2 Å². The SMILES string of the molecule is Cn1nc(C(F)(F)F)cc1C(N)=O.FC(F)(F)c1cc(-n2cc3c(n2)CCCC3)ccn1. The minimum absolute atomic E-state index is 0.271. The van der Waals surface area contributed by atoms with Crippen LogP contribution in [0, 0.1) is 0 Å². The van der Waals surface area contributed by atoms with E-state index in [-0.39, 0.29) is 5.69 Å². The number of nitrogens with two attached hydrogens (primary N) is 1. The molecular formula is C19H18F6N6O. The first-order valence-corrected chi connectivity index (χ1v) is 9.38. The molecule has 0 bridgehead atoms. The molecule has 0 fully saturated rings. The number of amides is 1. The van der Waals surface area contributed by atoms with Gasteiger partial charge in [-0.3, -0.25) is 14.5 Å². The third-order valence-corrected chi connectivity index (χ3v) is 4.71. The van der Waals surface area contributed by atoms with E-state index in [9.17, 15) is 31.1 Å². The van der Waals surface area contributed by atoms with Gasteiger partial charge in [-0.15, -0.1) is 0 Å². The fourth-order valence-electron chi connectivity index (χ4n) is 3.16. The van der Waals surface area contributed by atoms with Crippen molar-refractivity contribution >= 4 is 5.91 Å². The van der Waals surface area contributed by atoms with E-state index in [1.807, 2.05) is 6.20 Å². The van der Waals surface area contributed by atoms with Crippen LogP contribution in [0.2, 0.25) is 0 Å². The van der Waals surface area contributed by atoms with Crippen molar-refractivity contribution in [2.45, 2.75) is 38.0 Å². The topological polar surface area (TPSA) is 91.6 Å². The highest BCUT2D eigenvalue weighted by molar-refractivity contribution is 5.91. The molecule has 172 valence electrons. The number of aryl methyl sites for hydroxylation is 3. The summed E-state index contributed by atoms with van der Waals surface area (Å²) in [5.74, 6) is -0.939. The lowest BCUT2D eigenvalue weighted by molar-refractivity contribution is -0.142. The van der Waals surface area contributed by atoms with E-state index in [4.69, 9.17) is 5.73 Å². The Kier molecular flexibility index (Phi) is 6.28. The first-order valence-electron chi connectivity index (χ1n) is 9.38. The van der Waals surface area contributed by atoms with E-state index < -0.39 is 29.6 Å². The van der Waals surface area contributed by atoms with Crippen molar-refractivity contribution in [1.29, 1.82) is 0 Å². The van der Waals surface area contributed by atoms with E-state index in [1.54, 1.807) is 0 Å². The Hall–Kier alpha value is -3.38. The molecule has 13 heteroatoms. The third-order valence-electron chi connectivity index (χ3n) is 4.71. The van der Waals surface area contributed by atoms with Gasteiger partial charge in [0.05, 0.1) is 11.4 Å². The summed E-state index contributed by atoms with van der Waals surface area (Å²) in [4.78, 5) is 13.9. The molecule has 0 saturated heterocycles. The number of hydrogen-bond acceptors (Lipinski definition) is 4. The molecule has 1 aliphatic rings. The van der Waals surface area contributed by atoms with Gasteiger partial charge >= 0.3 is 12.4 Å². The lowest BCUT2D eigenvalue weighted by Crippen LogP contribution is -2.15. The van der Waals surface area contributed by atoms with Gasteiger partial charge in [-0.25, -0.2) is 4.68 Å². The van der Waals surface area contributed by atoms with Crippen molar-refractivity contribution in [2.24, 2.45) is 12.8 Å². The zero-order valence-corrected chi connectivity index (χ0v) is 16.7. The molecule has 1 amide bonds. The first-order chi connectivity index (χ1) is 14.9. The summed E-state index contributed by atoms with van der Waals surface area (Å²) in [6, 6.07) is 3.18. The highest BCUT2D eigenvalue weighted by Gasteiger charge is 2.35. The van der Waals surface area contributed by atoms with Crippen molar-refractivity contribution < 1.29 is 31.1 Å². The maximum Gasteiger partial charge on any atom is 0.435 e. The highest BCUT2D eigenvalue weighted by Crippen LogP contribution is 2.29. The molecule has 0 radical (unpaired) electrons. The van der Waals surface area contributed by atoms with Gasteiger partial charge in [0, 0.05) is 25.5 Å². The fraction of sp³-hybridized carbons (Fsp3) is 0.368. The van der Waals surface area contributed by atoms with E-state index in [1.165, 1.54) is 24.0 Å². The molecule has 3 heterocycles. The van der Waals surface area contributed by atoms with Crippen LogP contribution in [0.1, 0.15) is 46.0 Å². The van der Waals surface area contributed by atoms with Crippen LogP contribution in [0.25, 0.3) is 5.69 Å². The van der Waals surface area contributed by atoms with Gasteiger partial charge in [0.25, 0.3) is 5.91 Å². The number of carbonyl (C=O) groups is 1. The number of alkyl halides is 6. The van der Waals surface area contributed by atoms with Crippen molar-refractivity contribution in [2.75, 3.05) is 0 Å². The predicted molar refractivity (Wildman–Crippen MR) is 99.7 cm³/mol. The number of carbonyl (C=O) groups excluding carboxylic acids is 1. The van der Waals surface area contributed by atoms with Gasteiger partial charge < -0.3 is 5.73 Å². The molecule has 0 atom stereocenters. The Bertz CT molecular complexity index is 1090. The lowest BCUT2D eigenvalue weighted by atomic mass is 9.99. The number of nitrogens with zero attached hydrogens (tertiary/aromatic N) is 5. The third kappa shape index (κ3) is 5.26. The maximum absolute atomic E-state index is 12.6. The quantitative estimate of drug-likeness (QED) is 0.591. The summed E-state index contributed by atoms with van der Waals surface area (Å²) in [5.41, 5.74) is 5.05. The minimum atomic E-state index is -4.55. The average molecular weight is 460 g/mol. The standard InChI is InChI=1S/C13H12F3N3.C6H6F3N3O/c14-13(15,16)12-7-10(5-6-17-12)19-8-9-3-1-2-4-11(9)18-19;1-12-3(5(10)13)2-4(11-12)6(7,8)9/h5-8H,1-4H2;2H,1H3,(H2,10,13).